The second kappa shape index (κ2) is 11.8. The number of nitrogens with one attached hydrogen (secondary N) is 1. The first-order chi connectivity index (χ1) is 15.7. The molecule has 0 saturated carbocycles. The number of halogens is 4. The highest BCUT2D eigenvalue weighted by atomic mass is 35.5. The molecule has 0 unspecified atom stereocenters. The van der Waals surface area contributed by atoms with Crippen molar-refractivity contribution in [2.24, 2.45) is 0 Å². The molecule has 0 fully saturated rings. The second-order valence-corrected chi connectivity index (χ2v) is 11.5. The zero-order chi connectivity index (χ0) is 25.8. The molecule has 0 radical (unpaired) electrons. The van der Waals surface area contributed by atoms with Crippen LogP contribution in [0.2, 0.25) is 20.1 Å². The van der Waals surface area contributed by atoms with Crippen molar-refractivity contribution in [3.05, 3.63) is 62.1 Å². The summed E-state index contributed by atoms with van der Waals surface area (Å²) in [7, 11) is -3.89. The van der Waals surface area contributed by atoms with E-state index in [2.05, 4.69) is 5.32 Å². The number of carbonyl (C=O) groups excluding carboxylic acids is 2. The summed E-state index contributed by atoms with van der Waals surface area (Å²) in [5, 5.41) is 3.87. The first-order valence-electron chi connectivity index (χ1n) is 10.2. The Bertz CT molecular complexity index is 1170. The van der Waals surface area contributed by atoms with Gasteiger partial charge in [-0.05, 0) is 56.7 Å². The Labute approximate surface area is 220 Å². The molecule has 2 aromatic rings. The van der Waals surface area contributed by atoms with Gasteiger partial charge in [-0.25, -0.2) is 8.42 Å². The van der Waals surface area contributed by atoms with Crippen molar-refractivity contribution >= 4 is 73.9 Å². The van der Waals surface area contributed by atoms with Gasteiger partial charge in [0.2, 0.25) is 21.8 Å². The monoisotopic (exact) mass is 567 g/mol. The highest BCUT2D eigenvalue weighted by Crippen LogP contribution is 2.29. The maximum atomic E-state index is 13.5. The largest absolute Gasteiger partial charge is 0.352 e. The van der Waals surface area contributed by atoms with Gasteiger partial charge >= 0.3 is 0 Å². The molecule has 186 valence electrons. The van der Waals surface area contributed by atoms with Crippen LogP contribution in [0, 0.1) is 0 Å². The number of hydrogen-bond donors (Lipinski definition) is 1. The third-order valence-corrected chi connectivity index (χ3v) is 7.29. The average Bonchev–Trinajstić information content (AvgIpc) is 2.71. The van der Waals surface area contributed by atoms with Crippen molar-refractivity contribution in [3.8, 4) is 0 Å². The molecule has 2 aromatic carbocycles. The van der Waals surface area contributed by atoms with Crippen LogP contribution in [0.4, 0.5) is 5.69 Å². The lowest BCUT2D eigenvalue weighted by Gasteiger charge is -2.32. The van der Waals surface area contributed by atoms with E-state index >= 15 is 0 Å². The molecule has 1 atom stereocenters. The Morgan fingerprint density at radius 2 is 1.59 bits per heavy atom. The second-order valence-electron chi connectivity index (χ2n) is 7.96. The molecule has 0 bridgehead atoms. The molecular weight excluding hydrogens is 544 g/mol. The normalized spacial score (nSPS) is 12.4. The van der Waals surface area contributed by atoms with Crippen molar-refractivity contribution in [2.45, 2.75) is 39.4 Å². The number of nitrogens with zero attached hydrogens (tertiary/aromatic N) is 2. The number of sulfonamides is 1. The molecule has 0 aliphatic carbocycles. The molecule has 0 aliphatic heterocycles. The molecule has 34 heavy (non-hydrogen) atoms. The van der Waals surface area contributed by atoms with Gasteiger partial charge in [0.15, 0.2) is 0 Å². The summed E-state index contributed by atoms with van der Waals surface area (Å²) in [5.41, 5.74) is 0.707. The summed E-state index contributed by atoms with van der Waals surface area (Å²) in [6.07, 6.45) is 0.970. The van der Waals surface area contributed by atoms with Crippen molar-refractivity contribution in [1.29, 1.82) is 0 Å². The molecule has 1 N–H and O–H groups in total. The van der Waals surface area contributed by atoms with Gasteiger partial charge < -0.3 is 10.2 Å². The Hall–Kier alpha value is -1.71. The molecule has 2 amide bonds. The highest BCUT2D eigenvalue weighted by molar-refractivity contribution is 7.92. The average molecular weight is 569 g/mol. The SMILES string of the molecule is CC(C)NC(=O)[C@H](C)N(Cc1ccc(Cl)cc1Cl)C(=O)CN(c1ccc(Cl)c(Cl)c1)S(C)(=O)=O. The van der Waals surface area contributed by atoms with Crippen LogP contribution in [0.3, 0.4) is 0 Å². The van der Waals surface area contributed by atoms with Crippen molar-refractivity contribution in [2.75, 3.05) is 17.1 Å². The molecule has 7 nitrogen and oxygen atoms in total. The fourth-order valence-corrected chi connectivity index (χ4v) is 4.68. The highest BCUT2D eigenvalue weighted by Gasteiger charge is 2.30. The first-order valence-corrected chi connectivity index (χ1v) is 13.5. The van der Waals surface area contributed by atoms with E-state index in [1.54, 1.807) is 32.9 Å². The minimum absolute atomic E-state index is 0.0412. The van der Waals surface area contributed by atoms with E-state index in [9.17, 15) is 18.0 Å². The van der Waals surface area contributed by atoms with E-state index in [0.29, 0.717) is 15.6 Å². The van der Waals surface area contributed by atoms with Crippen LogP contribution in [-0.4, -0.2) is 50.0 Å². The number of anilines is 1. The van der Waals surface area contributed by atoms with Crippen LogP contribution in [-0.2, 0) is 26.2 Å². The molecule has 2 rings (SSSR count). The van der Waals surface area contributed by atoms with Crippen LogP contribution >= 0.6 is 46.4 Å². The minimum Gasteiger partial charge on any atom is -0.352 e. The molecule has 12 heteroatoms. The lowest BCUT2D eigenvalue weighted by molar-refractivity contribution is -0.139. The lowest BCUT2D eigenvalue weighted by Crippen LogP contribution is -2.52. The van der Waals surface area contributed by atoms with Gasteiger partial charge in [0.25, 0.3) is 0 Å². The summed E-state index contributed by atoms with van der Waals surface area (Å²) in [6.45, 7) is 4.54. The van der Waals surface area contributed by atoms with E-state index < -0.39 is 34.4 Å². The fourth-order valence-electron chi connectivity index (χ4n) is 3.08. The molecule has 0 saturated heterocycles. The van der Waals surface area contributed by atoms with E-state index in [1.807, 2.05) is 0 Å². The Kier molecular flexibility index (Phi) is 9.91. The molecule has 0 spiro atoms. The van der Waals surface area contributed by atoms with Gasteiger partial charge in [0, 0.05) is 22.6 Å². The van der Waals surface area contributed by atoms with Gasteiger partial charge in [0.1, 0.15) is 12.6 Å². The van der Waals surface area contributed by atoms with Gasteiger partial charge in [0.05, 0.1) is 22.0 Å². The number of hydrogen-bond acceptors (Lipinski definition) is 4. The van der Waals surface area contributed by atoms with E-state index in [-0.39, 0.29) is 28.3 Å². The number of rotatable bonds is 9. The first kappa shape index (κ1) is 28.5. The van der Waals surface area contributed by atoms with Crippen LogP contribution in [0.25, 0.3) is 0 Å². The third kappa shape index (κ3) is 7.65. The summed E-state index contributed by atoms with van der Waals surface area (Å²) in [6, 6.07) is 7.94. The zero-order valence-corrected chi connectivity index (χ0v) is 22.8. The van der Waals surface area contributed by atoms with Gasteiger partial charge in [-0.15, -0.1) is 0 Å². The third-order valence-electron chi connectivity index (χ3n) is 4.82. The van der Waals surface area contributed by atoms with E-state index in [4.69, 9.17) is 46.4 Å². The topological polar surface area (TPSA) is 86.8 Å². The minimum atomic E-state index is -3.89. The number of benzene rings is 2. The van der Waals surface area contributed by atoms with Crippen LogP contribution in [0.15, 0.2) is 36.4 Å². The Morgan fingerprint density at radius 3 is 2.12 bits per heavy atom. The summed E-state index contributed by atoms with van der Waals surface area (Å²) in [5.74, 6) is -1.01. The van der Waals surface area contributed by atoms with Crippen LogP contribution < -0.4 is 9.62 Å². The zero-order valence-electron chi connectivity index (χ0n) is 19.0. The van der Waals surface area contributed by atoms with Gasteiger partial charge in [-0.3, -0.25) is 13.9 Å². The standard InChI is InChI=1S/C22H25Cl4N3O4S/c1-13(2)27-22(31)14(3)28(11-15-5-6-16(23)9-19(15)25)21(30)12-29(34(4,32)33)17-7-8-18(24)20(26)10-17/h5-10,13-14H,11-12H2,1-4H3,(H,27,31)/t14-/m0/s1. The quantitative estimate of drug-likeness (QED) is 0.461. The number of carbonyl (C=O) groups is 2. The maximum absolute atomic E-state index is 13.5. The fraction of sp³-hybridized carbons (Fsp3) is 0.364. The van der Waals surface area contributed by atoms with Crippen molar-refractivity contribution in [1.82, 2.24) is 10.2 Å². The van der Waals surface area contributed by atoms with Gasteiger partial charge in [-0.2, -0.15) is 0 Å². The molecule has 0 aromatic heterocycles. The predicted octanol–water partition coefficient (Wildman–Crippen LogP) is 5.01. The predicted molar refractivity (Wildman–Crippen MR) is 138 cm³/mol. The molecule has 0 heterocycles. The number of amides is 2. The summed E-state index contributed by atoms with van der Waals surface area (Å²) < 4.78 is 26.0. The van der Waals surface area contributed by atoms with Crippen molar-refractivity contribution < 1.29 is 18.0 Å². The van der Waals surface area contributed by atoms with E-state index in [1.165, 1.54) is 29.2 Å². The van der Waals surface area contributed by atoms with Crippen LogP contribution in [0.5, 0.6) is 0 Å². The Balaban J connectivity index is 2.44. The molecular formula is C22H25Cl4N3O4S. The van der Waals surface area contributed by atoms with E-state index in [0.717, 1.165) is 10.6 Å². The summed E-state index contributed by atoms with van der Waals surface area (Å²) >= 11 is 24.3. The van der Waals surface area contributed by atoms with Crippen molar-refractivity contribution in [3.63, 3.8) is 0 Å². The molecule has 0 aliphatic rings. The van der Waals surface area contributed by atoms with Gasteiger partial charge in [-0.1, -0.05) is 52.5 Å². The smallest absolute Gasteiger partial charge is 0.244 e. The Morgan fingerprint density at radius 1 is 0.941 bits per heavy atom. The van der Waals surface area contributed by atoms with Crippen LogP contribution in [0.1, 0.15) is 26.3 Å². The summed E-state index contributed by atoms with van der Waals surface area (Å²) in [4.78, 5) is 27.5. The lowest BCUT2D eigenvalue weighted by atomic mass is 10.1. The maximum Gasteiger partial charge on any atom is 0.244 e.